The topological polar surface area (TPSA) is 71.2 Å². The SMILES string of the molecule is C=NC(=Nc1[nH]cc(-c2cnc3nc(C)n(C(C)C)c3c2)c1C)C1CCC1. The fourth-order valence-electron chi connectivity index (χ4n) is 3.83. The van der Waals surface area contributed by atoms with Crippen molar-refractivity contribution >= 4 is 29.5 Å². The van der Waals surface area contributed by atoms with Gasteiger partial charge < -0.3 is 9.55 Å². The molecule has 4 rings (SSSR count). The molecule has 1 N–H and O–H groups in total. The molecular formula is C21H26N6. The molecule has 3 aromatic rings. The molecule has 1 saturated carbocycles. The Hall–Kier alpha value is -2.76. The summed E-state index contributed by atoms with van der Waals surface area (Å²) >= 11 is 0. The highest BCUT2D eigenvalue weighted by Crippen LogP contribution is 2.34. The highest BCUT2D eigenvalue weighted by molar-refractivity contribution is 5.91. The number of rotatable bonds is 4. The monoisotopic (exact) mass is 362 g/mol. The Morgan fingerprint density at radius 3 is 2.74 bits per heavy atom. The van der Waals surface area contributed by atoms with E-state index in [1.54, 1.807) is 0 Å². The third kappa shape index (κ3) is 2.99. The van der Waals surface area contributed by atoms with Gasteiger partial charge in [0.15, 0.2) is 5.65 Å². The van der Waals surface area contributed by atoms with Gasteiger partial charge in [-0.3, -0.25) is 0 Å². The molecule has 0 bridgehead atoms. The second-order valence-electron chi connectivity index (χ2n) is 7.62. The number of aromatic nitrogens is 4. The Kier molecular flexibility index (Phi) is 4.42. The van der Waals surface area contributed by atoms with Crippen molar-refractivity contribution in [1.29, 1.82) is 0 Å². The van der Waals surface area contributed by atoms with Crippen molar-refractivity contribution < 1.29 is 0 Å². The summed E-state index contributed by atoms with van der Waals surface area (Å²) in [5, 5.41) is 0. The minimum atomic E-state index is 0.336. The first-order chi connectivity index (χ1) is 13.0. The lowest BCUT2D eigenvalue weighted by molar-refractivity contribution is 0.411. The fraction of sp³-hybridized carbons (Fsp3) is 0.429. The number of aliphatic imine (C=N–C) groups is 2. The van der Waals surface area contributed by atoms with E-state index in [-0.39, 0.29) is 0 Å². The third-order valence-electron chi connectivity index (χ3n) is 5.52. The number of aryl methyl sites for hydroxylation is 1. The van der Waals surface area contributed by atoms with Crippen LogP contribution in [-0.2, 0) is 0 Å². The van der Waals surface area contributed by atoms with Crippen LogP contribution < -0.4 is 0 Å². The maximum atomic E-state index is 4.75. The zero-order chi connectivity index (χ0) is 19.1. The van der Waals surface area contributed by atoms with Gasteiger partial charge in [-0.05, 0) is 53.3 Å². The van der Waals surface area contributed by atoms with Gasteiger partial charge in [0.25, 0.3) is 0 Å². The second kappa shape index (κ2) is 6.76. The molecule has 0 aromatic carbocycles. The number of aromatic amines is 1. The molecule has 0 saturated heterocycles. The van der Waals surface area contributed by atoms with Crippen LogP contribution in [-0.4, -0.2) is 32.1 Å². The molecule has 0 amide bonds. The number of H-pyrrole nitrogens is 1. The molecule has 6 nitrogen and oxygen atoms in total. The van der Waals surface area contributed by atoms with E-state index in [1.165, 1.54) is 6.42 Å². The quantitative estimate of drug-likeness (QED) is 0.515. The Morgan fingerprint density at radius 2 is 2.11 bits per heavy atom. The molecule has 140 valence electrons. The number of nitrogens with zero attached hydrogens (tertiary/aromatic N) is 5. The molecule has 0 radical (unpaired) electrons. The third-order valence-corrected chi connectivity index (χ3v) is 5.52. The Labute approximate surface area is 159 Å². The Balaban J connectivity index is 1.76. The summed E-state index contributed by atoms with van der Waals surface area (Å²) in [5.41, 5.74) is 5.13. The molecule has 3 aromatic heterocycles. The van der Waals surface area contributed by atoms with E-state index < -0.39 is 0 Å². The van der Waals surface area contributed by atoms with Gasteiger partial charge >= 0.3 is 0 Å². The zero-order valence-corrected chi connectivity index (χ0v) is 16.5. The number of fused-ring (bicyclic) bond motifs is 1. The van der Waals surface area contributed by atoms with Crippen LogP contribution in [0, 0.1) is 19.8 Å². The summed E-state index contributed by atoms with van der Waals surface area (Å²) in [5.74, 6) is 3.14. The fourth-order valence-corrected chi connectivity index (χ4v) is 3.83. The first-order valence-electron chi connectivity index (χ1n) is 9.57. The minimum Gasteiger partial charge on any atom is -0.346 e. The normalized spacial score (nSPS) is 15.5. The number of amidine groups is 1. The molecule has 27 heavy (non-hydrogen) atoms. The largest absolute Gasteiger partial charge is 0.346 e. The Morgan fingerprint density at radius 1 is 1.33 bits per heavy atom. The van der Waals surface area contributed by atoms with E-state index in [0.717, 1.165) is 58.2 Å². The average Bonchev–Trinajstić information content (AvgIpc) is 3.11. The summed E-state index contributed by atoms with van der Waals surface area (Å²) in [7, 11) is 0. The molecule has 0 unspecified atom stereocenters. The highest BCUT2D eigenvalue weighted by atomic mass is 15.1. The lowest BCUT2D eigenvalue weighted by Crippen LogP contribution is -2.20. The Bertz CT molecular complexity index is 1030. The van der Waals surface area contributed by atoms with Gasteiger partial charge in [0.1, 0.15) is 17.5 Å². The van der Waals surface area contributed by atoms with Crippen LogP contribution in [0.3, 0.4) is 0 Å². The van der Waals surface area contributed by atoms with Gasteiger partial charge in [-0.2, -0.15) is 0 Å². The maximum absolute atomic E-state index is 4.75. The number of nitrogens with one attached hydrogen (secondary N) is 1. The number of hydrogen-bond acceptors (Lipinski definition) is 3. The first-order valence-corrected chi connectivity index (χ1v) is 9.57. The average molecular weight is 362 g/mol. The van der Waals surface area contributed by atoms with Crippen molar-refractivity contribution in [2.24, 2.45) is 15.9 Å². The first kappa shape index (κ1) is 17.6. The predicted molar refractivity (Wildman–Crippen MR) is 111 cm³/mol. The molecule has 1 fully saturated rings. The molecule has 3 heterocycles. The summed E-state index contributed by atoms with van der Waals surface area (Å²) in [4.78, 5) is 21.4. The van der Waals surface area contributed by atoms with Gasteiger partial charge in [-0.15, -0.1) is 0 Å². The smallest absolute Gasteiger partial charge is 0.177 e. The number of hydrogen-bond donors (Lipinski definition) is 1. The highest BCUT2D eigenvalue weighted by Gasteiger charge is 2.23. The van der Waals surface area contributed by atoms with Crippen molar-refractivity contribution in [3.8, 4) is 11.1 Å². The van der Waals surface area contributed by atoms with E-state index in [9.17, 15) is 0 Å². The summed E-state index contributed by atoms with van der Waals surface area (Å²) in [6, 6.07) is 2.51. The van der Waals surface area contributed by atoms with E-state index >= 15 is 0 Å². The van der Waals surface area contributed by atoms with Gasteiger partial charge in [-0.25, -0.2) is 20.0 Å². The van der Waals surface area contributed by atoms with E-state index in [2.05, 4.69) is 58.1 Å². The molecule has 0 spiro atoms. The van der Waals surface area contributed by atoms with Gasteiger partial charge in [0.2, 0.25) is 0 Å². The van der Waals surface area contributed by atoms with Crippen LogP contribution in [0.1, 0.15) is 50.5 Å². The van der Waals surface area contributed by atoms with Crippen LogP contribution in [0.15, 0.2) is 28.4 Å². The van der Waals surface area contributed by atoms with Crippen molar-refractivity contribution in [3.63, 3.8) is 0 Å². The lowest BCUT2D eigenvalue weighted by Gasteiger charge is -2.24. The maximum Gasteiger partial charge on any atom is 0.177 e. The van der Waals surface area contributed by atoms with Gasteiger partial charge in [0, 0.05) is 41.0 Å². The van der Waals surface area contributed by atoms with Crippen molar-refractivity contribution in [1.82, 2.24) is 19.5 Å². The van der Waals surface area contributed by atoms with E-state index in [1.807, 2.05) is 19.3 Å². The van der Waals surface area contributed by atoms with Crippen molar-refractivity contribution in [2.45, 2.75) is 53.0 Å². The molecule has 1 aliphatic rings. The van der Waals surface area contributed by atoms with Crippen LogP contribution in [0.25, 0.3) is 22.3 Å². The molecular weight excluding hydrogens is 336 g/mol. The van der Waals surface area contributed by atoms with E-state index in [0.29, 0.717) is 12.0 Å². The second-order valence-corrected chi connectivity index (χ2v) is 7.62. The zero-order valence-electron chi connectivity index (χ0n) is 16.5. The number of imidazole rings is 1. The van der Waals surface area contributed by atoms with E-state index in [4.69, 9.17) is 4.99 Å². The van der Waals surface area contributed by atoms with Gasteiger partial charge in [0.05, 0.1) is 5.52 Å². The molecule has 1 aliphatic carbocycles. The van der Waals surface area contributed by atoms with Crippen molar-refractivity contribution in [2.75, 3.05) is 0 Å². The standard InChI is InChI=1S/C21H26N6/c1-12(2)27-14(4)25-21-18(27)9-16(10-23-21)17-11-24-19(13(17)3)26-20(22-5)15-7-6-8-15/h9-12,15,24H,5-8H2,1-4H3. The summed E-state index contributed by atoms with van der Waals surface area (Å²) in [6.07, 6.45) is 7.46. The minimum absolute atomic E-state index is 0.336. The van der Waals surface area contributed by atoms with Crippen LogP contribution >= 0.6 is 0 Å². The number of pyridine rings is 1. The molecule has 0 atom stereocenters. The predicted octanol–water partition coefficient (Wildman–Crippen LogP) is 5.15. The summed E-state index contributed by atoms with van der Waals surface area (Å²) < 4.78 is 2.23. The van der Waals surface area contributed by atoms with Gasteiger partial charge in [-0.1, -0.05) is 6.42 Å². The molecule has 0 aliphatic heterocycles. The van der Waals surface area contributed by atoms with Crippen molar-refractivity contribution in [3.05, 3.63) is 29.8 Å². The molecule has 6 heteroatoms. The summed E-state index contributed by atoms with van der Waals surface area (Å²) in [6.45, 7) is 12.1. The van der Waals surface area contributed by atoms with Crippen LogP contribution in [0.4, 0.5) is 5.82 Å². The van der Waals surface area contributed by atoms with Crippen LogP contribution in [0.2, 0.25) is 0 Å². The lowest BCUT2D eigenvalue weighted by atomic mass is 9.84. The van der Waals surface area contributed by atoms with Crippen LogP contribution in [0.5, 0.6) is 0 Å².